The van der Waals surface area contributed by atoms with Gasteiger partial charge in [-0.15, -0.1) is 0 Å². The Morgan fingerprint density at radius 3 is 2.43 bits per heavy atom. The van der Waals surface area contributed by atoms with Crippen molar-refractivity contribution in [1.82, 2.24) is 9.55 Å². The monoisotopic (exact) mass is 186 g/mol. The molecule has 2 nitrogen and oxygen atoms in total. The first-order valence-corrected chi connectivity index (χ1v) is 4.73. The maximum absolute atomic E-state index is 5.98. The molecule has 0 aliphatic carbocycles. The Kier molecular flexibility index (Phi) is 1.88. The molecular weight excluding hydrogens is 172 g/mol. The molecule has 0 spiro atoms. The highest BCUT2D eigenvalue weighted by Gasteiger charge is 2.20. The van der Waals surface area contributed by atoms with E-state index < -0.39 is 0 Å². The van der Waals surface area contributed by atoms with Crippen LogP contribution in [-0.4, -0.2) is 9.55 Å². The first-order chi connectivity index (χ1) is 6.50. The van der Waals surface area contributed by atoms with Crippen molar-refractivity contribution in [3.63, 3.8) is 0 Å². The van der Waals surface area contributed by atoms with Crippen LogP contribution in [0.3, 0.4) is 0 Å². The van der Waals surface area contributed by atoms with E-state index in [1.54, 1.807) is 4.57 Å². The van der Waals surface area contributed by atoms with Gasteiger partial charge in [-0.3, -0.25) is 0 Å². The van der Waals surface area contributed by atoms with E-state index in [4.69, 9.17) is 7.05 Å². The molecule has 0 aliphatic rings. The summed E-state index contributed by atoms with van der Waals surface area (Å²) in [6.45, 7) is 6.33. The molecule has 2 heteroatoms. The predicted molar refractivity (Wildman–Crippen MR) is 58.1 cm³/mol. The predicted octanol–water partition coefficient (Wildman–Crippen LogP) is 2.85. The number of nitrogens with zero attached hydrogens (tertiary/aromatic N) is 2. The van der Waals surface area contributed by atoms with E-state index in [1.807, 2.05) is 24.3 Å². The molecule has 0 saturated carbocycles. The van der Waals surface area contributed by atoms with Gasteiger partial charge in [0, 0.05) is 5.41 Å². The number of fused-ring (bicyclic) bond motifs is 1. The molecule has 0 N–H and O–H groups in total. The number of benzene rings is 1. The number of aromatic nitrogens is 2. The lowest BCUT2D eigenvalue weighted by Crippen LogP contribution is -2.16. The van der Waals surface area contributed by atoms with Gasteiger partial charge in [0.05, 0.1) is 18.1 Å². The van der Waals surface area contributed by atoms with Crippen LogP contribution in [0, 0.1) is 7.05 Å². The molecule has 0 atom stereocenters. The number of imidazole rings is 1. The first-order valence-electron chi connectivity index (χ1n) is 4.73. The van der Waals surface area contributed by atoms with Crippen LogP contribution in [0.15, 0.2) is 24.3 Å². The van der Waals surface area contributed by atoms with Crippen molar-refractivity contribution in [2.45, 2.75) is 26.2 Å². The molecule has 0 unspecified atom stereocenters. The molecule has 72 valence electrons. The van der Waals surface area contributed by atoms with Crippen molar-refractivity contribution in [3.8, 4) is 0 Å². The second-order valence-corrected chi connectivity index (χ2v) is 4.54. The average Bonchev–Trinajstić information content (AvgIpc) is 2.44. The van der Waals surface area contributed by atoms with Gasteiger partial charge in [-0.2, -0.15) is 0 Å². The lowest BCUT2D eigenvalue weighted by atomic mass is 9.96. The lowest BCUT2D eigenvalue weighted by Gasteiger charge is -2.17. The minimum atomic E-state index is -0.0201. The highest BCUT2D eigenvalue weighted by atomic mass is 15.1. The summed E-state index contributed by atoms with van der Waals surface area (Å²) in [7, 11) is 5.98. The molecule has 0 bridgehead atoms. The fourth-order valence-electron chi connectivity index (χ4n) is 1.57. The summed E-state index contributed by atoms with van der Waals surface area (Å²) in [4.78, 5) is 4.52. The van der Waals surface area contributed by atoms with Gasteiger partial charge in [0.25, 0.3) is 0 Å². The molecular formula is C12H14N2. The van der Waals surface area contributed by atoms with Gasteiger partial charge in [0.1, 0.15) is 5.82 Å². The van der Waals surface area contributed by atoms with Crippen LogP contribution in [0.4, 0.5) is 0 Å². The zero-order valence-electron chi connectivity index (χ0n) is 8.78. The zero-order valence-corrected chi connectivity index (χ0v) is 8.78. The second kappa shape index (κ2) is 2.84. The van der Waals surface area contributed by atoms with Gasteiger partial charge in [-0.1, -0.05) is 32.9 Å². The fourth-order valence-corrected chi connectivity index (χ4v) is 1.57. The number of hydrogen-bond donors (Lipinski definition) is 0. The number of rotatable bonds is 0. The summed E-state index contributed by atoms with van der Waals surface area (Å²) in [5.74, 6) is 0.915. The van der Waals surface area contributed by atoms with Crippen molar-refractivity contribution in [3.05, 3.63) is 37.1 Å². The van der Waals surface area contributed by atoms with Gasteiger partial charge >= 0.3 is 0 Å². The second-order valence-electron chi connectivity index (χ2n) is 4.54. The van der Waals surface area contributed by atoms with Crippen LogP contribution in [0.5, 0.6) is 0 Å². The van der Waals surface area contributed by atoms with E-state index >= 15 is 0 Å². The fraction of sp³-hybridized carbons (Fsp3) is 0.333. The standard InChI is InChI=1S/C12H14N2/c1-12(2,3)11-13-9-7-5-6-8-10(9)14(11)4/h4-8H,1-3H3. The smallest absolute Gasteiger partial charge is 0.115 e. The Balaban J connectivity index is 2.75. The Bertz CT molecular complexity index is 461. The molecule has 1 aromatic heterocycles. The summed E-state index contributed by atoms with van der Waals surface area (Å²) in [5.41, 5.74) is 1.92. The van der Waals surface area contributed by atoms with Crippen LogP contribution in [0.1, 0.15) is 26.6 Å². The Morgan fingerprint density at radius 1 is 1.21 bits per heavy atom. The van der Waals surface area contributed by atoms with Gasteiger partial charge in [0.15, 0.2) is 0 Å². The number of para-hydroxylation sites is 2. The lowest BCUT2D eigenvalue weighted by molar-refractivity contribution is 0.538. The van der Waals surface area contributed by atoms with Crippen molar-refractivity contribution in [2.24, 2.45) is 0 Å². The number of hydrogen-bond acceptors (Lipinski definition) is 1. The minimum absolute atomic E-state index is 0.0201. The summed E-state index contributed by atoms with van der Waals surface area (Å²) in [6.07, 6.45) is 0. The van der Waals surface area contributed by atoms with Gasteiger partial charge < -0.3 is 4.57 Å². The van der Waals surface area contributed by atoms with Crippen LogP contribution in [-0.2, 0) is 5.41 Å². The third kappa shape index (κ3) is 1.31. The maximum Gasteiger partial charge on any atom is 0.115 e. The largest absolute Gasteiger partial charge is 0.320 e. The quantitative estimate of drug-likeness (QED) is 0.618. The van der Waals surface area contributed by atoms with Crippen molar-refractivity contribution < 1.29 is 0 Å². The van der Waals surface area contributed by atoms with Gasteiger partial charge in [0.2, 0.25) is 0 Å². The SMILES string of the molecule is [CH]n1c(C(C)(C)C)nc2ccccc21. The maximum atomic E-state index is 5.98. The summed E-state index contributed by atoms with van der Waals surface area (Å²) < 4.78 is 1.68. The Morgan fingerprint density at radius 2 is 1.86 bits per heavy atom. The normalized spacial score (nSPS) is 12.3. The molecule has 2 aromatic rings. The van der Waals surface area contributed by atoms with Gasteiger partial charge in [-0.05, 0) is 12.1 Å². The van der Waals surface area contributed by atoms with E-state index in [9.17, 15) is 0 Å². The minimum Gasteiger partial charge on any atom is -0.320 e. The summed E-state index contributed by atoms with van der Waals surface area (Å²) in [6, 6.07) is 7.91. The topological polar surface area (TPSA) is 17.8 Å². The molecule has 1 aromatic carbocycles. The molecule has 0 aliphatic heterocycles. The van der Waals surface area contributed by atoms with Crippen molar-refractivity contribution >= 4 is 11.0 Å². The molecule has 0 saturated heterocycles. The Hall–Kier alpha value is -1.31. The third-order valence-electron chi connectivity index (χ3n) is 2.27. The van der Waals surface area contributed by atoms with Crippen molar-refractivity contribution in [2.75, 3.05) is 0 Å². The van der Waals surface area contributed by atoms with E-state index in [-0.39, 0.29) is 5.41 Å². The summed E-state index contributed by atoms with van der Waals surface area (Å²) >= 11 is 0. The molecule has 2 rings (SSSR count). The van der Waals surface area contributed by atoms with Crippen LogP contribution in [0.25, 0.3) is 11.0 Å². The van der Waals surface area contributed by atoms with E-state index in [0.717, 1.165) is 16.9 Å². The molecule has 0 amide bonds. The van der Waals surface area contributed by atoms with E-state index in [1.165, 1.54) is 0 Å². The zero-order chi connectivity index (χ0) is 10.3. The average molecular weight is 186 g/mol. The van der Waals surface area contributed by atoms with Crippen LogP contribution < -0.4 is 0 Å². The van der Waals surface area contributed by atoms with Gasteiger partial charge in [-0.25, -0.2) is 4.98 Å². The molecule has 0 fully saturated rings. The summed E-state index contributed by atoms with van der Waals surface area (Å²) in [5, 5.41) is 0. The van der Waals surface area contributed by atoms with Crippen LogP contribution in [0.2, 0.25) is 0 Å². The Labute approximate surface area is 84.6 Å². The van der Waals surface area contributed by atoms with E-state index in [2.05, 4.69) is 25.8 Å². The first kappa shape index (κ1) is 9.25. The van der Waals surface area contributed by atoms with E-state index in [0.29, 0.717) is 0 Å². The molecule has 14 heavy (non-hydrogen) atoms. The highest BCUT2D eigenvalue weighted by molar-refractivity contribution is 5.76. The molecule has 1 heterocycles. The molecule has 2 radical (unpaired) electrons. The highest BCUT2D eigenvalue weighted by Crippen LogP contribution is 2.25. The van der Waals surface area contributed by atoms with Crippen LogP contribution >= 0.6 is 0 Å². The third-order valence-corrected chi connectivity index (χ3v) is 2.27. The van der Waals surface area contributed by atoms with Crippen molar-refractivity contribution in [1.29, 1.82) is 0 Å².